The lowest BCUT2D eigenvalue weighted by molar-refractivity contribution is 0.0529. The van der Waals surface area contributed by atoms with Gasteiger partial charge in [-0.15, -0.1) is 24.0 Å². The van der Waals surface area contributed by atoms with Gasteiger partial charge in [0.05, 0.1) is 0 Å². The number of guanidine groups is 1. The maximum Gasteiger partial charge on any atom is 0.407 e. The van der Waals surface area contributed by atoms with Crippen LogP contribution in [0.3, 0.4) is 0 Å². The molecule has 1 fully saturated rings. The molecule has 1 rings (SSSR count). The molecule has 148 valence electrons. The van der Waals surface area contributed by atoms with Gasteiger partial charge in [0.2, 0.25) is 0 Å². The van der Waals surface area contributed by atoms with Crippen LogP contribution in [0.4, 0.5) is 4.79 Å². The molecule has 1 amide bonds. The molecular weight excluding hydrogens is 435 g/mol. The lowest BCUT2D eigenvalue weighted by Gasteiger charge is -2.42. The number of alkyl carbamates (subject to hydrolysis) is 1. The number of ether oxygens (including phenoxy) is 2. The van der Waals surface area contributed by atoms with E-state index in [1.165, 1.54) is 19.3 Å². The molecule has 0 atom stereocenters. The number of nitrogens with zero attached hydrogens (tertiary/aromatic N) is 1. The molecule has 8 heteroatoms. The van der Waals surface area contributed by atoms with Crippen molar-refractivity contribution in [1.29, 1.82) is 0 Å². The van der Waals surface area contributed by atoms with Crippen LogP contribution in [-0.4, -0.2) is 58.1 Å². The zero-order valence-electron chi connectivity index (χ0n) is 16.2. The lowest BCUT2D eigenvalue weighted by Crippen LogP contribution is -2.48. The van der Waals surface area contributed by atoms with Crippen LogP contribution >= 0.6 is 24.0 Å². The Bertz CT molecular complexity index is 421. The van der Waals surface area contributed by atoms with E-state index in [-0.39, 0.29) is 24.0 Å². The van der Waals surface area contributed by atoms with E-state index in [4.69, 9.17) is 9.47 Å². The van der Waals surface area contributed by atoms with E-state index in [1.54, 1.807) is 14.2 Å². The fraction of sp³-hybridized carbons (Fsp3) is 0.882. The summed E-state index contributed by atoms with van der Waals surface area (Å²) in [6.07, 6.45) is 4.44. The van der Waals surface area contributed by atoms with Gasteiger partial charge < -0.3 is 25.4 Å². The third-order valence-electron chi connectivity index (χ3n) is 4.19. The average Bonchev–Trinajstić information content (AvgIpc) is 2.45. The van der Waals surface area contributed by atoms with Crippen molar-refractivity contribution >= 4 is 36.0 Å². The highest BCUT2D eigenvalue weighted by Gasteiger charge is 2.36. The van der Waals surface area contributed by atoms with Crippen molar-refractivity contribution in [3.63, 3.8) is 0 Å². The predicted octanol–water partition coefficient (Wildman–Crippen LogP) is 2.50. The molecule has 1 aliphatic carbocycles. The fourth-order valence-electron chi connectivity index (χ4n) is 2.66. The molecule has 0 aromatic rings. The Morgan fingerprint density at radius 3 is 2.28 bits per heavy atom. The second kappa shape index (κ2) is 11.8. The number of halogens is 1. The molecule has 25 heavy (non-hydrogen) atoms. The van der Waals surface area contributed by atoms with E-state index in [0.717, 1.165) is 25.5 Å². The Labute approximate surface area is 169 Å². The first kappa shape index (κ1) is 24.2. The maximum atomic E-state index is 11.6. The molecule has 0 bridgehead atoms. The van der Waals surface area contributed by atoms with Gasteiger partial charge in [-0.1, -0.05) is 6.42 Å². The van der Waals surface area contributed by atoms with Crippen molar-refractivity contribution in [1.82, 2.24) is 16.0 Å². The van der Waals surface area contributed by atoms with Crippen LogP contribution < -0.4 is 16.0 Å². The standard InChI is InChI=1S/C17H34N4O3.HI/c1-16(2,3)24-15(22)20-11-10-19-14(18-4)21-13-17(7-6-8-17)9-12-23-5;/h6-13H2,1-5H3,(H,20,22)(H2,18,19,21);1H. The summed E-state index contributed by atoms with van der Waals surface area (Å²) in [5.74, 6) is 0.754. The molecule has 0 unspecified atom stereocenters. The molecule has 7 nitrogen and oxygen atoms in total. The van der Waals surface area contributed by atoms with Crippen LogP contribution in [0.25, 0.3) is 0 Å². The minimum atomic E-state index is -0.478. The number of rotatable bonds is 8. The summed E-state index contributed by atoms with van der Waals surface area (Å²) in [6.45, 7) is 8.29. The van der Waals surface area contributed by atoms with Crippen LogP contribution in [0.5, 0.6) is 0 Å². The first-order valence-electron chi connectivity index (χ1n) is 8.70. The Hall–Kier alpha value is -0.770. The second-order valence-corrected chi connectivity index (χ2v) is 7.38. The van der Waals surface area contributed by atoms with Crippen LogP contribution in [0, 0.1) is 5.41 Å². The van der Waals surface area contributed by atoms with Crippen molar-refractivity contribution in [2.45, 2.75) is 52.1 Å². The number of hydrogen-bond acceptors (Lipinski definition) is 4. The van der Waals surface area contributed by atoms with Gasteiger partial charge in [-0.05, 0) is 45.4 Å². The summed E-state index contributed by atoms with van der Waals surface area (Å²) in [4.78, 5) is 15.8. The number of aliphatic imine (C=N–C) groups is 1. The Morgan fingerprint density at radius 1 is 1.16 bits per heavy atom. The maximum absolute atomic E-state index is 11.6. The van der Waals surface area contributed by atoms with E-state index < -0.39 is 11.7 Å². The monoisotopic (exact) mass is 470 g/mol. The Morgan fingerprint density at radius 2 is 1.80 bits per heavy atom. The van der Waals surface area contributed by atoms with Crippen molar-refractivity contribution in [2.24, 2.45) is 10.4 Å². The lowest BCUT2D eigenvalue weighted by atomic mass is 9.67. The number of carbonyl (C=O) groups excluding carboxylic acids is 1. The molecule has 0 heterocycles. The van der Waals surface area contributed by atoms with Gasteiger partial charge in [0.15, 0.2) is 5.96 Å². The van der Waals surface area contributed by atoms with E-state index in [2.05, 4.69) is 20.9 Å². The molecule has 0 spiro atoms. The first-order valence-corrected chi connectivity index (χ1v) is 8.70. The minimum Gasteiger partial charge on any atom is -0.444 e. The summed E-state index contributed by atoms with van der Waals surface area (Å²) in [5.41, 5.74) is -0.142. The highest BCUT2D eigenvalue weighted by molar-refractivity contribution is 14.0. The van der Waals surface area contributed by atoms with Crippen LogP contribution in [-0.2, 0) is 9.47 Å². The smallest absolute Gasteiger partial charge is 0.407 e. The molecular formula is C17H35IN4O3. The third-order valence-corrected chi connectivity index (χ3v) is 4.19. The topological polar surface area (TPSA) is 84.0 Å². The van der Waals surface area contributed by atoms with E-state index >= 15 is 0 Å². The summed E-state index contributed by atoms with van der Waals surface area (Å²) in [5, 5.41) is 9.31. The van der Waals surface area contributed by atoms with Gasteiger partial charge in [-0.25, -0.2) is 4.79 Å². The molecule has 1 aliphatic rings. The molecule has 0 aliphatic heterocycles. The first-order chi connectivity index (χ1) is 11.3. The average molecular weight is 470 g/mol. The van der Waals surface area contributed by atoms with Crippen molar-refractivity contribution < 1.29 is 14.3 Å². The molecule has 0 aromatic heterocycles. The predicted molar refractivity (Wildman–Crippen MR) is 112 cm³/mol. The molecule has 3 N–H and O–H groups in total. The molecule has 1 saturated carbocycles. The number of hydrogen-bond donors (Lipinski definition) is 3. The number of methoxy groups -OCH3 is 1. The number of nitrogens with one attached hydrogen (secondary N) is 3. The highest BCUT2D eigenvalue weighted by atomic mass is 127. The Balaban J connectivity index is 0.00000576. The largest absolute Gasteiger partial charge is 0.444 e. The summed E-state index contributed by atoms with van der Waals surface area (Å²) < 4.78 is 10.4. The normalized spacial score (nSPS) is 16.3. The zero-order valence-corrected chi connectivity index (χ0v) is 18.6. The molecule has 0 aromatic carbocycles. The van der Waals surface area contributed by atoms with Gasteiger partial charge in [-0.3, -0.25) is 4.99 Å². The summed E-state index contributed by atoms with van der Waals surface area (Å²) in [6, 6.07) is 0. The zero-order chi connectivity index (χ0) is 18.1. The quantitative estimate of drug-likeness (QED) is 0.220. The van der Waals surface area contributed by atoms with Gasteiger partial charge in [0.1, 0.15) is 5.60 Å². The van der Waals surface area contributed by atoms with Gasteiger partial charge in [-0.2, -0.15) is 0 Å². The summed E-state index contributed by atoms with van der Waals surface area (Å²) in [7, 11) is 3.50. The molecule has 0 radical (unpaired) electrons. The van der Waals surface area contributed by atoms with Gasteiger partial charge >= 0.3 is 6.09 Å². The van der Waals surface area contributed by atoms with Crippen LogP contribution in [0.2, 0.25) is 0 Å². The van der Waals surface area contributed by atoms with E-state index in [9.17, 15) is 4.79 Å². The van der Waals surface area contributed by atoms with Gasteiger partial charge in [0, 0.05) is 40.4 Å². The van der Waals surface area contributed by atoms with Crippen molar-refractivity contribution in [3.8, 4) is 0 Å². The third kappa shape index (κ3) is 10.1. The van der Waals surface area contributed by atoms with E-state index in [0.29, 0.717) is 18.5 Å². The molecule has 0 saturated heterocycles. The summed E-state index contributed by atoms with van der Waals surface area (Å²) >= 11 is 0. The highest BCUT2D eigenvalue weighted by Crippen LogP contribution is 2.43. The second-order valence-electron chi connectivity index (χ2n) is 7.38. The van der Waals surface area contributed by atoms with Gasteiger partial charge in [0.25, 0.3) is 0 Å². The van der Waals surface area contributed by atoms with Crippen molar-refractivity contribution in [2.75, 3.05) is 40.4 Å². The number of amides is 1. The minimum absolute atomic E-state index is 0. The Kier molecular flexibility index (Phi) is 11.4. The SMILES string of the molecule is CN=C(NCCNC(=O)OC(C)(C)C)NCC1(CCOC)CCC1.I. The van der Waals surface area contributed by atoms with Crippen molar-refractivity contribution in [3.05, 3.63) is 0 Å². The van der Waals surface area contributed by atoms with Crippen LogP contribution in [0.1, 0.15) is 46.5 Å². The van der Waals surface area contributed by atoms with Crippen LogP contribution in [0.15, 0.2) is 4.99 Å². The number of carbonyl (C=O) groups is 1. The van der Waals surface area contributed by atoms with E-state index in [1.807, 2.05) is 20.8 Å². The fourth-order valence-corrected chi connectivity index (χ4v) is 2.66.